The molecule has 0 aromatic heterocycles. The maximum atomic E-state index is 12.3. The first-order valence-corrected chi connectivity index (χ1v) is 9.89. The van der Waals surface area contributed by atoms with Gasteiger partial charge in [-0.2, -0.15) is 0 Å². The largest absolute Gasteiger partial charge is 0.467 e. The predicted molar refractivity (Wildman–Crippen MR) is 116 cm³/mol. The Morgan fingerprint density at radius 1 is 1.03 bits per heavy atom. The number of nitrogens with one attached hydrogen (secondary N) is 2. The summed E-state index contributed by atoms with van der Waals surface area (Å²) in [6, 6.07) is 10.5. The number of alkyl halides is 3. The molecule has 29 heavy (non-hydrogen) atoms. The summed E-state index contributed by atoms with van der Waals surface area (Å²) >= 11 is 29.1. The van der Waals surface area contributed by atoms with Crippen LogP contribution >= 0.6 is 58.0 Å². The normalized spacial score (nSPS) is 12.1. The van der Waals surface area contributed by atoms with Gasteiger partial charge in [0.1, 0.15) is 6.61 Å². The second-order valence-electron chi connectivity index (χ2n) is 5.60. The van der Waals surface area contributed by atoms with Crippen molar-refractivity contribution in [3.8, 4) is 0 Å². The molecule has 2 rings (SSSR count). The molecule has 0 aliphatic carbocycles. The number of carbonyl (C=O) groups excluding carboxylic acids is 2. The Balaban J connectivity index is 2.33. The van der Waals surface area contributed by atoms with Crippen LogP contribution in [0.2, 0.25) is 10.0 Å². The quantitative estimate of drug-likeness (QED) is 0.373. The van der Waals surface area contributed by atoms with Crippen LogP contribution in [0.5, 0.6) is 0 Å². The Labute approximate surface area is 192 Å². The summed E-state index contributed by atoms with van der Waals surface area (Å²) < 4.78 is 7.84. The molecular weight excluding hydrogens is 485 g/mol. The van der Waals surface area contributed by atoms with Gasteiger partial charge in [-0.05, 0) is 18.2 Å². The SMILES string of the molecule is COC(=O)[C@H](NC(=O)OCC(Cl)(Cl)Cl)c1ccccc1Nc1c(Cl)cccc1Cl. The number of carbonyl (C=O) groups is 2. The fourth-order valence-electron chi connectivity index (χ4n) is 2.30. The zero-order chi connectivity index (χ0) is 21.6. The Bertz CT molecular complexity index is 869. The maximum Gasteiger partial charge on any atom is 0.408 e. The molecule has 0 aliphatic heterocycles. The van der Waals surface area contributed by atoms with Crippen LogP contribution in [-0.2, 0) is 14.3 Å². The number of amides is 1. The summed E-state index contributed by atoms with van der Waals surface area (Å²) in [7, 11) is 1.19. The monoisotopic (exact) mass is 498 g/mol. The van der Waals surface area contributed by atoms with Gasteiger partial charge in [0.05, 0.1) is 22.8 Å². The molecule has 0 aliphatic rings. The molecule has 0 spiro atoms. The van der Waals surface area contributed by atoms with Crippen LogP contribution in [0.4, 0.5) is 16.2 Å². The van der Waals surface area contributed by atoms with Gasteiger partial charge in [-0.15, -0.1) is 0 Å². The number of rotatable bonds is 6. The van der Waals surface area contributed by atoms with Crippen LogP contribution in [0.1, 0.15) is 11.6 Å². The van der Waals surface area contributed by atoms with Crippen molar-refractivity contribution in [2.45, 2.75) is 9.83 Å². The summed E-state index contributed by atoms with van der Waals surface area (Å²) in [4.78, 5) is 24.4. The van der Waals surface area contributed by atoms with Crippen molar-refractivity contribution in [2.24, 2.45) is 0 Å². The van der Waals surface area contributed by atoms with Gasteiger partial charge in [0, 0.05) is 11.3 Å². The van der Waals surface area contributed by atoms with Crippen molar-refractivity contribution in [1.29, 1.82) is 0 Å². The smallest absolute Gasteiger partial charge is 0.408 e. The molecule has 1 amide bonds. The zero-order valence-corrected chi connectivity index (χ0v) is 18.6. The third-order valence-electron chi connectivity index (χ3n) is 3.56. The van der Waals surface area contributed by atoms with Crippen molar-refractivity contribution in [3.05, 3.63) is 58.1 Å². The minimum atomic E-state index is -1.79. The van der Waals surface area contributed by atoms with E-state index in [1.807, 2.05) is 0 Å². The van der Waals surface area contributed by atoms with Crippen LogP contribution < -0.4 is 10.6 Å². The molecular formula is C18H15Cl5N2O4. The van der Waals surface area contributed by atoms with Crippen molar-refractivity contribution in [3.63, 3.8) is 0 Å². The molecule has 0 heterocycles. The lowest BCUT2D eigenvalue weighted by atomic mass is 10.0. The maximum absolute atomic E-state index is 12.3. The van der Waals surface area contributed by atoms with Crippen LogP contribution in [0.15, 0.2) is 42.5 Å². The number of para-hydroxylation sites is 2. The van der Waals surface area contributed by atoms with E-state index in [2.05, 4.69) is 10.6 Å². The molecule has 156 valence electrons. The summed E-state index contributed by atoms with van der Waals surface area (Å²) in [5.74, 6) is -0.740. The summed E-state index contributed by atoms with van der Waals surface area (Å²) in [5.41, 5.74) is 1.27. The number of alkyl carbamates (subject to hydrolysis) is 1. The van der Waals surface area contributed by atoms with E-state index in [0.717, 1.165) is 0 Å². The lowest BCUT2D eigenvalue weighted by molar-refractivity contribution is -0.143. The van der Waals surface area contributed by atoms with Crippen molar-refractivity contribution in [1.82, 2.24) is 5.32 Å². The van der Waals surface area contributed by atoms with E-state index in [1.165, 1.54) is 7.11 Å². The van der Waals surface area contributed by atoms with Crippen LogP contribution in [0.3, 0.4) is 0 Å². The molecule has 2 N–H and O–H groups in total. The Hall–Kier alpha value is -1.57. The standard InChI is InChI=1S/C18H15Cl5N2O4/c1-28-16(26)14(25-17(27)29-9-18(21,22)23)10-5-2-3-8-13(10)24-15-11(19)6-4-7-12(15)20/h2-8,14,24H,9H2,1H3,(H,25,27)/t14-/m1/s1. The number of ether oxygens (including phenoxy) is 2. The van der Waals surface area contributed by atoms with Crippen LogP contribution in [-0.4, -0.2) is 29.6 Å². The molecule has 0 saturated heterocycles. The Morgan fingerprint density at radius 2 is 1.66 bits per heavy atom. The number of anilines is 2. The van der Waals surface area contributed by atoms with Crippen molar-refractivity contribution >= 4 is 81.4 Å². The molecule has 2 aromatic carbocycles. The zero-order valence-electron chi connectivity index (χ0n) is 14.8. The molecule has 6 nitrogen and oxygen atoms in total. The minimum absolute atomic E-state index is 0.372. The van der Waals surface area contributed by atoms with Gasteiger partial charge < -0.3 is 20.1 Å². The van der Waals surface area contributed by atoms with E-state index in [4.69, 9.17) is 67.5 Å². The van der Waals surface area contributed by atoms with E-state index in [-0.39, 0.29) is 0 Å². The second kappa shape index (κ2) is 10.5. The average molecular weight is 501 g/mol. The highest BCUT2D eigenvalue weighted by molar-refractivity contribution is 6.67. The van der Waals surface area contributed by atoms with E-state index < -0.39 is 28.5 Å². The van der Waals surface area contributed by atoms with Gasteiger partial charge in [0.15, 0.2) is 6.04 Å². The molecule has 11 heteroatoms. The number of hydrogen-bond donors (Lipinski definition) is 2. The molecule has 1 atom stereocenters. The molecule has 0 radical (unpaired) electrons. The van der Waals surface area contributed by atoms with Gasteiger partial charge in [0.2, 0.25) is 3.79 Å². The number of halogens is 5. The van der Waals surface area contributed by atoms with Gasteiger partial charge >= 0.3 is 12.1 Å². The third kappa shape index (κ3) is 7.01. The topological polar surface area (TPSA) is 76.7 Å². The lowest BCUT2D eigenvalue weighted by Gasteiger charge is -2.21. The van der Waals surface area contributed by atoms with Crippen molar-refractivity contribution in [2.75, 3.05) is 19.0 Å². The highest BCUT2D eigenvalue weighted by atomic mass is 35.6. The average Bonchev–Trinajstić information content (AvgIpc) is 2.67. The number of hydrogen-bond acceptors (Lipinski definition) is 5. The molecule has 0 saturated carbocycles. The van der Waals surface area contributed by atoms with Crippen LogP contribution in [0, 0.1) is 0 Å². The fourth-order valence-corrected chi connectivity index (χ4v) is 2.96. The van der Waals surface area contributed by atoms with Gasteiger partial charge in [-0.25, -0.2) is 9.59 Å². The fraction of sp³-hybridized carbons (Fsp3) is 0.222. The first-order valence-electron chi connectivity index (χ1n) is 8.00. The van der Waals surface area contributed by atoms with Crippen molar-refractivity contribution < 1.29 is 19.1 Å². The summed E-state index contributed by atoms with van der Waals surface area (Å²) in [6.07, 6.45) is -0.975. The number of methoxy groups -OCH3 is 1. The first-order chi connectivity index (χ1) is 13.6. The lowest BCUT2D eigenvalue weighted by Crippen LogP contribution is -2.36. The highest BCUT2D eigenvalue weighted by Gasteiger charge is 2.29. The Morgan fingerprint density at radius 3 is 2.24 bits per heavy atom. The molecule has 2 aromatic rings. The van der Waals surface area contributed by atoms with E-state index >= 15 is 0 Å². The number of esters is 1. The molecule has 0 fully saturated rings. The highest BCUT2D eigenvalue weighted by Crippen LogP contribution is 2.35. The van der Waals surface area contributed by atoms with Gasteiger partial charge in [0.25, 0.3) is 0 Å². The third-order valence-corrected chi connectivity index (χ3v) is 4.52. The van der Waals surface area contributed by atoms with Gasteiger partial charge in [-0.1, -0.05) is 82.3 Å². The van der Waals surface area contributed by atoms with E-state index in [1.54, 1.807) is 42.5 Å². The Kier molecular flexibility index (Phi) is 8.55. The molecule has 0 unspecified atom stereocenters. The second-order valence-corrected chi connectivity index (χ2v) is 8.93. The van der Waals surface area contributed by atoms with Gasteiger partial charge in [-0.3, -0.25) is 0 Å². The molecule has 0 bridgehead atoms. The predicted octanol–water partition coefficient (Wildman–Crippen LogP) is 6.05. The summed E-state index contributed by atoms with van der Waals surface area (Å²) in [5, 5.41) is 6.21. The minimum Gasteiger partial charge on any atom is -0.467 e. The first kappa shape index (κ1) is 23.7. The summed E-state index contributed by atoms with van der Waals surface area (Å²) in [6.45, 7) is -0.507. The van der Waals surface area contributed by atoms with E-state index in [9.17, 15) is 9.59 Å². The number of benzene rings is 2. The van der Waals surface area contributed by atoms with Crippen LogP contribution in [0.25, 0.3) is 0 Å². The van der Waals surface area contributed by atoms with E-state index in [0.29, 0.717) is 27.0 Å².